The standard InChI is InChI=1S/C21H31O10P/c1-10(2)14-15(22)17-21(31-17)19(3)6-5-11-12(7-27-18(11)23)13(19)8-29-20(21,4)16(14)28-9-30-32(24,25)26/h10,13-17,22H,5-9H2,1-4H3,(H2,24,25,26)/p-2/t13-,14?,15+,16+,17-,19-,20+,21+/m0/s1. The van der Waals surface area contributed by atoms with Gasteiger partial charge < -0.3 is 42.9 Å². The Morgan fingerprint density at radius 2 is 2.03 bits per heavy atom. The van der Waals surface area contributed by atoms with E-state index in [2.05, 4.69) is 11.4 Å². The molecule has 32 heavy (non-hydrogen) atoms. The zero-order chi connectivity index (χ0) is 23.3. The van der Waals surface area contributed by atoms with E-state index in [-0.39, 0.29) is 24.4 Å². The molecule has 1 spiro atoms. The Morgan fingerprint density at radius 1 is 1.31 bits per heavy atom. The Kier molecular flexibility index (Phi) is 5.08. The minimum atomic E-state index is -5.22. The van der Waals surface area contributed by atoms with Gasteiger partial charge in [-0.15, -0.1) is 0 Å². The SMILES string of the molecule is CC(C)C1[C@@H](O)[C@@H]2O[C@@]23[C@@]2(C)CCC4=C(COC4=O)[C@@H]2CO[C@]3(C)[C@@H]1OCOP(=O)([O-])[O-]. The van der Waals surface area contributed by atoms with Gasteiger partial charge in [-0.05, 0) is 31.3 Å². The molecule has 180 valence electrons. The Morgan fingerprint density at radius 3 is 2.69 bits per heavy atom. The van der Waals surface area contributed by atoms with Gasteiger partial charge in [-0.1, -0.05) is 20.8 Å². The molecule has 0 aromatic carbocycles. The fourth-order valence-electron chi connectivity index (χ4n) is 7.18. The van der Waals surface area contributed by atoms with E-state index in [1.54, 1.807) is 0 Å². The maximum atomic E-state index is 12.1. The maximum Gasteiger partial charge on any atom is 0.334 e. The summed E-state index contributed by atoms with van der Waals surface area (Å²) in [7, 11) is -5.22. The topological polar surface area (TPSA) is 150 Å². The van der Waals surface area contributed by atoms with Gasteiger partial charge in [0, 0.05) is 22.8 Å². The number of fused-ring (bicyclic) bond motifs is 2. The molecular formula is C21H29O10P-2. The van der Waals surface area contributed by atoms with Crippen LogP contribution < -0.4 is 9.79 Å². The Hall–Kier alpha value is -0.840. The second-order valence-electron chi connectivity index (χ2n) is 10.3. The molecule has 1 N–H and O–H groups in total. The predicted molar refractivity (Wildman–Crippen MR) is 104 cm³/mol. The first kappa shape index (κ1) is 22.9. The summed E-state index contributed by atoms with van der Waals surface area (Å²) in [5, 5.41) is 11.3. The molecule has 0 radical (unpaired) electrons. The zero-order valence-corrected chi connectivity index (χ0v) is 19.5. The number of cyclic esters (lactones) is 1. The second-order valence-corrected chi connectivity index (χ2v) is 11.5. The number of phosphoric acid groups is 1. The fourth-order valence-corrected chi connectivity index (χ4v) is 7.37. The highest BCUT2D eigenvalue weighted by molar-refractivity contribution is 7.43. The zero-order valence-electron chi connectivity index (χ0n) is 18.6. The van der Waals surface area contributed by atoms with E-state index in [0.717, 1.165) is 5.57 Å². The number of hydrogen-bond acceptors (Lipinski definition) is 10. The molecule has 0 amide bonds. The summed E-state index contributed by atoms with van der Waals surface area (Å²) in [5.41, 5.74) is -0.740. The molecule has 1 saturated carbocycles. The molecule has 0 bridgehead atoms. The van der Waals surface area contributed by atoms with Crippen molar-refractivity contribution in [2.75, 3.05) is 20.0 Å². The van der Waals surface area contributed by atoms with Gasteiger partial charge in [0.05, 0.1) is 26.6 Å². The van der Waals surface area contributed by atoms with Crippen molar-refractivity contribution >= 4 is 13.8 Å². The summed E-state index contributed by atoms with van der Waals surface area (Å²) in [6.07, 6.45) is -0.936. The summed E-state index contributed by atoms with van der Waals surface area (Å²) < 4.78 is 39.3. The first-order chi connectivity index (χ1) is 14.9. The lowest BCUT2D eigenvalue weighted by Gasteiger charge is -2.61. The van der Waals surface area contributed by atoms with Crippen molar-refractivity contribution in [2.24, 2.45) is 23.2 Å². The molecule has 2 saturated heterocycles. The van der Waals surface area contributed by atoms with Crippen LogP contribution in [0.15, 0.2) is 11.1 Å². The van der Waals surface area contributed by atoms with Crippen LogP contribution in [0.25, 0.3) is 0 Å². The van der Waals surface area contributed by atoms with E-state index in [0.29, 0.717) is 25.0 Å². The largest absolute Gasteiger partial charge is 0.790 e. The monoisotopic (exact) mass is 472 g/mol. The highest BCUT2D eigenvalue weighted by Crippen LogP contribution is 2.72. The maximum absolute atomic E-state index is 12.1. The highest BCUT2D eigenvalue weighted by Gasteiger charge is 2.86. The van der Waals surface area contributed by atoms with Gasteiger partial charge in [-0.3, -0.25) is 0 Å². The van der Waals surface area contributed by atoms with E-state index in [1.807, 2.05) is 20.8 Å². The number of aliphatic hydroxyl groups excluding tert-OH is 1. The quantitative estimate of drug-likeness (QED) is 0.251. The Balaban J connectivity index is 1.54. The van der Waals surface area contributed by atoms with Crippen LogP contribution in [0.4, 0.5) is 0 Å². The summed E-state index contributed by atoms with van der Waals surface area (Å²) in [4.78, 5) is 34.1. The highest BCUT2D eigenvalue weighted by atomic mass is 31.2. The van der Waals surface area contributed by atoms with Crippen molar-refractivity contribution in [3.8, 4) is 0 Å². The molecule has 8 atom stereocenters. The van der Waals surface area contributed by atoms with E-state index in [1.165, 1.54) is 0 Å². The van der Waals surface area contributed by atoms with Crippen LogP contribution in [0.5, 0.6) is 0 Å². The van der Waals surface area contributed by atoms with E-state index in [4.69, 9.17) is 18.9 Å². The lowest BCUT2D eigenvalue weighted by Crippen LogP contribution is -2.75. The normalized spacial score (nSPS) is 47.5. The number of phosphoric ester groups is 1. The van der Waals surface area contributed by atoms with Crippen molar-refractivity contribution in [1.29, 1.82) is 0 Å². The number of rotatable bonds is 5. The van der Waals surface area contributed by atoms with Crippen LogP contribution in [-0.2, 0) is 32.8 Å². The summed E-state index contributed by atoms with van der Waals surface area (Å²) in [6.45, 7) is 7.62. The third-order valence-electron chi connectivity index (χ3n) is 8.69. The minimum Gasteiger partial charge on any atom is -0.790 e. The Labute approximate surface area is 186 Å². The number of aliphatic hydroxyl groups is 1. The molecule has 11 heteroatoms. The van der Waals surface area contributed by atoms with Crippen molar-refractivity contribution in [3.05, 3.63) is 11.1 Å². The van der Waals surface area contributed by atoms with E-state index in [9.17, 15) is 24.3 Å². The summed E-state index contributed by atoms with van der Waals surface area (Å²) in [5.74, 6) is -0.866. The third kappa shape index (κ3) is 2.84. The number of ether oxygens (including phenoxy) is 4. The number of carbonyl (C=O) groups excluding carboxylic acids is 1. The molecule has 3 aliphatic heterocycles. The van der Waals surface area contributed by atoms with Gasteiger partial charge >= 0.3 is 5.97 Å². The Bertz CT molecular complexity index is 912. The van der Waals surface area contributed by atoms with Crippen LogP contribution in [0, 0.1) is 23.2 Å². The molecule has 5 aliphatic rings. The van der Waals surface area contributed by atoms with Gasteiger partial charge in [0.1, 0.15) is 23.9 Å². The fraction of sp³-hybridized carbons (Fsp3) is 0.857. The smallest absolute Gasteiger partial charge is 0.334 e. The molecule has 10 nitrogen and oxygen atoms in total. The summed E-state index contributed by atoms with van der Waals surface area (Å²) >= 11 is 0. The predicted octanol–water partition coefficient (Wildman–Crippen LogP) is 0.0173. The van der Waals surface area contributed by atoms with Crippen LogP contribution in [-0.4, -0.2) is 60.6 Å². The second kappa shape index (κ2) is 7.09. The molecule has 5 rings (SSSR count). The summed E-state index contributed by atoms with van der Waals surface area (Å²) in [6, 6.07) is 0. The molecule has 3 fully saturated rings. The molecule has 3 heterocycles. The molecule has 1 unspecified atom stereocenters. The van der Waals surface area contributed by atoms with Crippen molar-refractivity contribution < 1.29 is 47.7 Å². The first-order valence-electron chi connectivity index (χ1n) is 11.0. The first-order valence-corrected chi connectivity index (χ1v) is 12.5. The van der Waals surface area contributed by atoms with Gasteiger partial charge in [0.2, 0.25) is 0 Å². The molecule has 0 aromatic heterocycles. The lowest BCUT2D eigenvalue weighted by atomic mass is 9.48. The van der Waals surface area contributed by atoms with Gasteiger partial charge in [-0.2, -0.15) is 0 Å². The molecule has 0 aromatic rings. The van der Waals surface area contributed by atoms with Crippen LogP contribution >= 0.6 is 7.82 Å². The lowest BCUT2D eigenvalue weighted by molar-refractivity contribution is -0.351. The molecular weight excluding hydrogens is 443 g/mol. The van der Waals surface area contributed by atoms with Gasteiger partial charge in [0.25, 0.3) is 0 Å². The van der Waals surface area contributed by atoms with Crippen LogP contribution in [0.3, 0.4) is 0 Å². The number of hydrogen-bond donors (Lipinski definition) is 1. The number of epoxide rings is 1. The van der Waals surface area contributed by atoms with Crippen molar-refractivity contribution in [2.45, 2.75) is 70.1 Å². The average molecular weight is 472 g/mol. The number of esters is 1. The minimum absolute atomic E-state index is 0.0454. The van der Waals surface area contributed by atoms with Gasteiger partial charge in [0.15, 0.2) is 6.79 Å². The van der Waals surface area contributed by atoms with Crippen molar-refractivity contribution in [1.82, 2.24) is 0 Å². The van der Waals surface area contributed by atoms with Gasteiger partial charge in [-0.25, -0.2) is 4.79 Å². The van der Waals surface area contributed by atoms with Crippen LogP contribution in [0.1, 0.15) is 40.5 Å². The van der Waals surface area contributed by atoms with Crippen molar-refractivity contribution in [3.63, 3.8) is 0 Å². The van der Waals surface area contributed by atoms with E-state index < -0.39 is 55.5 Å². The van der Waals surface area contributed by atoms with E-state index >= 15 is 0 Å². The number of carbonyl (C=O) groups is 1. The average Bonchev–Trinajstić information content (AvgIpc) is 3.37. The molecule has 2 aliphatic carbocycles. The van der Waals surface area contributed by atoms with Crippen LogP contribution in [0.2, 0.25) is 0 Å². The third-order valence-corrected chi connectivity index (χ3v) is 9.12.